The van der Waals surface area contributed by atoms with Crippen LogP contribution in [-0.2, 0) is 4.79 Å². The summed E-state index contributed by atoms with van der Waals surface area (Å²) in [5.74, 6) is -1.12. The van der Waals surface area contributed by atoms with Crippen LogP contribution in [0.25, 0.3) is 0 Å². The van der Waals surface area contributed by atoms with Crippen LogP contribution in [0.3, 0.4) is 0 Å². The van der Waals surface area contributed by atoms with Gasteiger partial charge in [-0.25, -0.2) is 4.39 Å². The molecule has 13 heavy (non-hydrogen) atoms. The molecule has 0 saturated carbocycles. The predicted molar refractivity (Wildman–Crippen MR) is 46.2 cm³/mol. The zero-order valence-corrected chi connectivity index (χ0v) is 6.87. The van der Waals surface area contributed by atoms with E-state index in [2.05, 4.69) is 10.5 Å². The highest BCUT2D eigenvalue weighted by Crippen LogP contribution is 2.27. The van der Waals surface area contributed by atoms with Crippen LogP contribution in [0, 0.1) is 10.7 Å². The summed E-state index contributed by atoms with van der Waals surface area (Å²) in [6.45, 7) is 1.22. The first-order chi connectivity index (χ1) is 6.15. The molecular formula is C8H7FN2O2. The van der Waals surface area contributed by atoms with Crippen molar-refractivity contribution in [2.75, 3.05) is 5.32 Å². The van der Waals surface area contributed by atoms with Gasteiger partial charge in [0.25, 0.3) is 0 Å². The fourth-order valence-corrected chi connectivity index (χ4v) is 0.889. The van der Waals surface area contributed by atoms with Crippen molar-refractivity contribution in [1.82, 2.24) is 0 Å². The monoisotopic (exact) mass is 182 g/mol. The highest BCUT2D eigenvalue weighted by molar-refractivity contribution is 5.92. The molecule has 5 heteroatoms. The van der Waals surface area contributed by atoms with Gasteiger partial charge in [0, 0.05) is 6.92 Å². The van der Waals surface area contributed by atoms with E-state index in [0.29, 0.717) is 0 Å². The molecule has 1 aromatic rings. The van der Waals surface area contributed by atoms with Crippen LogP contribution in [0.1, 0.15) is 6.92 Å². The van der Waals surface area contributed by atoms with Crippen molar-refractivity contribution in [3.63, 3.8) is 0 Å². The van der Waals surface area contributed by atoms with Gasteiger partial charge in [-0.05, 0) is 17.3 Å². The van der Waals surface area contributed by atoms with E-state index in [-0.39, 0.29) is 11.4 Å². The zero-order chi connectivity index (χ0) is 9.84. The number of nitrogens with zero attached hydrogens (tertiary/aromatic N) is 1. The van der Waals surface area contributed by atoms with Gasteiger partial charge in [0.05, 0.1) is 0 Å². The third-order valence-corrected chi connectivity index (χ3v) is 1.39. The molecule has 0 unspecified atom stereocenters. The molecule has 0 bridgehead atoms. The van der Waals surface area contributed by atoms with Gasteiger partial charge in [0.1, 0.15) is 17.2 Å². The molecule has 0 aliphatic heterocycles. The van der Waals surface area contributed by atoms with E-state index in [1.54, 1.807) is 0 Å². The highest BCUT2D eigenvalue weighted by atomic mass is 19.1. The number of para-hydroxylation sites is 1. The van der Waals surface area contributed by atoms with Crippen molar-refractivity contribution < 1.29 is 9.18 Å². The van der Waals surface area contributed by atoms with Crippen LogP contribution >= 0.6 is 0 Å². The van der Waals surface area contributed by atoms with Gasteiger partial charge in [-0.3, -0.25) is 4.79 Å². The largest absolute Gasteiger partial charge is 0.322 e. The lowest BCUT2D eigenvalue weighted by Gasteiger charge is -2.04. The zero-order valence-electron chi connectivity index (χ0n) is 6.87. The van der Waals surface area contributed by atoms with Crippen molar-refractivity contribution in [1.29, 1.82) is 0 Å². The van der Waals surface area contributed by atoms with Gasteiger partial charge in [-0.2, -0.15) is 0 Å². The Bertz CT molecular complexity index is 352. The molecule has 1 rings (SSSR count). The van der Waals surface area contributed by atoms with E-state index in [1.165, 1.54) is 19.1 Å². The molecule has 0 aliphatic carbocycles. The number of halogens is 1. The number of hydrogen-bond donors (Lipinski definition) is 1. The van der Waals surface area contributed by atoms with E-state index in [4.69, 9.17) is 0 Å². The first-order valence-electron chi connectivity index (χ1n) is 3.54. The topological polar surface area (TPSA) is 58.5 Å². The van der Waals surface area contributed by atoms with Crippen LogP contribution in [-0.4, -0.2) is 5.91 Å². The van der Waals surface area contributed by atoms with Crippen molar-refractivity contribution in [3.05, 3.63) is 28.9 Å². The lowest BCUT2D eigenvalue weighted by atomic mass is 10.2. The first-order valence-corrected chi connectivity index (χ1v) is 3.54. The van der Waals surface area contributed by atoms with Crippen LogP contribution in [0.5, 0.6) is 0 Å². The molecule has 0 saturated heterocycles. The quantitative estimate of drug-likeness (QED) is 0.712. The molecule has 4 nitrogen and oxygen atoms in total. The molecule has 0 aliphatic rings. The van der Waals surface area contributed by atoms with Crippen LogP contribution in [0.4, 0.5) is 15.8 Å². The number of carbonyl (C=O) groups is 1. The van der Waals surface area contributed by atoms with Gasteiger partial charge >= 0.3 is 0 Å². The molecule has 0 heterocycles. The van der Waals surface area contributed by atoms with Crippen molar-refractivity contribution in [2.24, 2.45) is 5.18 Å². The van der Waals surface area contributed by atoms with Crippen molar-refractivity contribution >= 4 is 17.3 Å². The summed E-state index contributed by atoms with van der Waals surface area (Å²) < 4.78 is 13.0. The van der Waals surface area contributed by atoms with Crippen LogP contribution in [0.15, 0.2) is 23.4 Å². The average molecular weight is 182 g/mol. The Hall–Kier alpha value is -1.78. The Balaban J connectivity index is 3.14. The molecule has 0 spiro atoms. The summed E-state index contributed by atoms with van der Waals surface area (Å²) in [5.41, 5.74) is -0.291. The summed E-state index contributed by atoms with van der Waals surface area (Å²) >= 11 is 0. The maximum absolute atomic E-state index is 13.0. The number of anilines is 1. The lowest BCUT2D eigenvalue weighted by molar-refractivity contribution is -0.114. The summed E-state index contributed by atoms with van der Waals surface area (Å²) in [5, 5.41) is 4.76. The second-order valence-corrected chi connectivity index (χ2v) is 2.41. The van der Waals surface area contributed by atoms with Gasteiger partial charge in [0.2, 0.25) is 5.91 Å². The number of nitrogens with one attached hydrogen (secondary N) is 1. The maximum atomic E-state index is 13.0. The van der Waals surface area contributed by atoms with Gasteiger partial charge in [-0.15, -0.1) is 4.91 Å². The van der Waals surface area contributed by atoms with Crippen molar-refractivity contribution in [2.45, 2.75) is 6.92 Å². The number of hydrogen-bond acceptors (Lipinski definition) is 3. The molecule has 1 aromatic carbocycles. The molecular weight excluding hydrogens is 175 g/mol. The number of amides is 1. The third-order valence-electron chi connectivity index (χ3n) is 1.39. The Kier molecular flexibility index (Phi) is 2.69. The Labute approximate surface area is 73.7 Å². The normalized spacial score (nSPS) is 9.38. The minimum absolute atomic E-state index is 0.116. The third kappa shape index (κ3) is 2.08. The Morgan fingerprint density at radius 2 is 2.23 bits per heavy atom. The molecule has 1 amide bonds. The Morgan fingerprint density at radius 3 is 2.77 bits per heavy atom. The fraction of sp³-hybridized carbons (Fsp3) is 0.125. The van der Waals surface area contributed by atoms with E-state index in [0.717, 1.165) is 6.07 Å². The maximum Gasteiger partial charge on any atom is 0.221 e. The summed E-state index contributed by atoms with van der Waals surface area (Å²) in [4.78, 5) is 20.8. The molecule has 0 fully saturated rings. The number of rotatable bonds is 2. The molecule has 0 radical (unpaired) electrons. The van der Waals surface area contributed by atoms with Gasteiger partial charge in [-0.1, -0.05) is 6.07 Å². The minimum Gasteiger partial charge on any atom is -0.322 e. The van der Waals surface area contributed by atoms with Gasteiger partial charge < -0.3 is 5.32 Å². The van der Waals surface area contributed by atoms with E-state index in [9.17, 15) is 14.1 Å². The number of carbonyl (C=O) groups excluding carboxylic acids is 1. The van der Waals surface area contributed by atoms with Gasteiger partial charge in [0.15, 0.2) is 0 Å². The van der Waals surface area contributed by atoms with E-state index < -0.39 is 11.7 Å². The number of nitroso groups, excluding NO2 is 1. The highest BCUT2D eigenvalue weighted by Gasteiger charge is 2.09. The molecule has 0 atom stereocenters. The van der Waals surface area contributed by atoms with Crippen LogP contribution in [0.2, 0.25) is 0 Å². The first kappa shape index (κ1) is 9.31. The summed E-state index contributed by atoms with van der Waals surface area (Å²) in [6.07, 6.45) is 0. The van der Waals surface area contributed by atoms with Crippen molar-refractivity contribution in [3.8, 4) is 0 Å². The molecule has 0 aromatic heterocycles. The standard InChI is InChI=1S/C8H7FN2O2/c1-5(12)10-8-6(9)3-2-4-7(8)11-13/h2-4H,1H3,(H,10,12). The SMILES string of the molecule is CC(=O)Nc1c(F)cccc1N=O. The smallest absolute Gasteiger partial charge is 0.221 e. The second kappa shape index (κ2) is 3.75. The predicted octanol–water partition coefficient (Wildman–Crippen LogP) is 2.18. The Morgan fingerprint density at radius 1 is 1.54 bits per heavy atom. The van der Waals surface area contributed by atoms with Crippen LogP contribution < -0.4 is 5.32 Å². The fourth-order valence-electron chi connectivity index (χ4n) is 0.889. The molecule has 68 valence electrons. The second-order valence-electron chi connectivity index (χ2n) is 2.41. The number of benzene rings is 1. The van der Waals surface area contributed by atoms with E-state index in [1.807, 2.05) is 0 Å². The summed E-state index contributed by atoms with van der Waals surface area (Å²) in [6, 6.07) is 3.80. The molecule has 1 N–H and O–H groups in total. The minimum atomic E-state index is -0.674. The van der Waals surface area contributed by atoms with E-state index >= 15 is 0 Å². The summed E-state index contributed by atoms with van der Waals surface area (Å²) in [7, 11) is 0. The average Bonchev–Trinajstić information content (AvgIpc) is 2.08. The lowest BCUT2D eigenvalue weighted by Crippen LogP contribution is -2.07.